The first-order chi connectivity index (χ1) is 5.27. The molecule has 0 aliphatic heterocycles. The molecule has 0 amide bonds. The van der Waals surface area contributed by atoms with Crippen LogP contribution in [0.2, 0.25) is 0 Å². The number of rotatable bonds is 1. The average Bonchev–Trinajstić information content (AvgIpc) is 2.70. The fourth-order valence-electron chi connectivity index (χ4n) is 1.23. The maximum Gasteiger partial charge on any atom is 0.124 e. The Morgan fingerprint density at radius 2 is 2.27 bits per heavy atom. The summed E-state index contributed by atoms with van der Waals surface area (Å²) in [7, 11) is 0. The quantitative estimate of drug-likeness (QED) is 0.610. The molecule has 0 unspecified atom stereocenters. The van der Waals surface area contributed by atoms with Gasteiger partial charge in [-0.25, -0.2) is 0 Å². The lowest BCUT2D eigenvalue weighted by molar-refractivity contribution is 0.463. The van der Waals surface area contributed by atoms with E-state index >= 15 is 0 Å². The summed E-state index contributed by atoms with van der Waals surface area (Å²) >= 11 is 0. The van der Waals surface area contributed by atoms with Crippen molar-refractivity contribution < 1.29 is 4.42 Å². The Hall–Kier alpha value is -1.23. The molecule has 56 valence electrons. The second kappa shape index (κ2) is 1.88. The second-order valence-electron chi connectivity index (χ2n) is 3.10. The Bertz CT molecular complexity index is 315. The Morgan fingerprint density at radius 1 is 1.55 bits per heavy atom. The van der Waals surface area contributed by atoms with Gasteiger partial charge in [0.1, 0.15) is 16.9 Å². The number of nitriles is 1. The lowest BCUT2D eigenvalue weighted by Gasteiger charge is -1.97. The van der Waals surface area contributed by atoms with Crippen LogP contribution in [0.1, 0.15) is 24.4 Å². The van der Waals surface area contributed by atoms with Crippen LogP contribution in [0.25, 0.3) is 0 Å². The molecule has 0 spiro atoms. The monoisotopic (exact) mass is 147 g/mol. The van der Waals surface area contributed by atoms with Gasteiger partial charge >= 0.3 is 0 Å². The van der Waals surface area contributed by atoms with Crippen LogP contribution in [0.4, 0.5) is 0 Å². The third kappa shape index (κ3) is 0.848. The molecule has 1 aliphatic carbocycles. The molecule has 1 aromatic rings. The van der Waals surface area contributed by atoms with E-state index in [4.69, 9.17) is 9.68 Å². The average molecular weight is 147 g/mol. The maximum absolute atomic E-state index is 8.81. The third-order valence-electron chi connectivity index (χ3n) is 2.18. The molecule has 2 rings (SSSR count). The Kier molecular flexibility index (Phi) is 1.11. The first kappa shape index (κ1) is 6.48. The van der Waals surface area contributed by atoms with Crippen LogP contribution >= 0.6 is 0 Å². The normalized spacial score (nSPS) is 19.3. The summed E-state index contributed by atoms with van der Waals surface area (Å²) < 4.78 is 5.38. The van der Waals surface area contributed by atoms with E-state index in [1.807, 2.05) is 19.1 Å². The van der Waals surface area contributed by atoms with Gasteiger partial charge in [-0.2, -0.15) is 5.26 Å². The highest BCUT2D eigenvalue weighted by molar-refractivity contribution is 5.32. The summed E-state index contributed by atoms with van der Waals surface area (Å²) in [6.07, 6.45) is 1.91. The molecule has 1 fully saturated rings. The largest absolute Gasteiger partial charge is 0.465 e. The fourth-order valence-corrected chi connectivity index (χ4v) is 1.23. The van der Waals surface area contributed by atoms with Gasteiger partial charge in [-0.3, -0.25) is 0 Å². The predicted octanol–water partition coefficient (Wildman–Crippen LogP) is 2.14. The fraction of sp³-hybridized carbons (Fsp3) is 0.444. The summed E-state index contributed by atoms with van der Waals surface area (Å²) in [4.78, 5) is 0. The van der Waals surface area contributed by atoms with Crippen LogP contribution in [0.15, 0.2) is 16.5 Å². The summed E-state index contributed by atoms with van der Waals surface area (Å²) in [6.45, 7) is 1.90. The van der Waals surface area contributed by atoms with Gasteiger partial charge in [0, 0.05) is 0 Å². The highest BCUT2D eigenvalue weighted by atomic mass is 16.3. The van der Waals surface area contributed by atoms with Gasteiger partial charge in [-0.15, -0.1) is 0 Å². The smallest absolute Gasteiger partial charge is 0.124 e. The van der Waals surface area contributed by atoms with Crippen LogP contribution in [0, 0.1) is 18.3 Å². The number of aryl methyl sites for hydroxylation is 1. The molecule has 0 N–H and O–H groups in total. The molecule has 0 aromatic carbocycles. The van der Waals surface area contributed by atoms with Gasteiger partial charge in [0.15, 0.2) is 0 Å². The lowest BCUT2D eigenvalue weighted by Crippen LogP contribution is -1.99. The maximum atomic E-state index is 8.81. The zero-order valence-corrected chi connectivity index (χ0v) is 6.42. The van der Waals surface area contributed by atoms with E-state index in [9.17, 15) is 0 Å². The Morgan fingerprint density at radius 3 is 2.64 bits per heavy atom. The lowest BCUT2D eigenvalue weighted by atomic mass is 10.1. The van der Waals surface area contributed by atoms with E-state index in [0.717, 1.165) is 24.4 Å². The molecule has 1 aromatic heterocycles. The molecule has 2 heteroatoms. The molecule has 0 atom stereocenters. The van der Waals surface area contributed by atoms with Crippen molar-refractivity contribution in [2.45, 2.75) is 25.2 Å². The minimum atomic E-state index is -0.256. The van der Waals surface area contributed by atoms with Crippen LogP contribution in [0.5, 0.6) is 0 Å². The van der Waals surface area contributed by atoms with Crippen LogP contribution in [0.3, 0.4) is 0 Å². The minimum absolute atomic E-state index is 0.256. The van der Waals surface area contributed by atoms with Crippen molar-refractivity contribution in [3.63, 3.8) is 0 Å². The number of furan rings is 1. The minimum Gasteiger partial charge on any atom is -0.465 e. The topological polar surface area (TPSA) is 36.9 Å². The first-order valence-corrected chi connectivity index (χ1v) is 3.75. The summed E-state index contributed by atoms with van der Waals surface area (Å²) in [5.41, 5.74) is -0.256. The SMILES string of the molecule is Cc1ccc(C2(C#N)CC2)o1. The zero-order valence-electron chi connectivity index (χ0n) is 6.42. The molecule has 1 heterocycles. The molecule has 2 nitrogen and oxygen atoms in total. The second-order valence-corrected chi connectivity index (χ2v) is 3.10. The van der Waals surface area contributed by atoms with Gasteiger partial charge in [-0.05, 0) is 31.9 Å². The Balaban J connectivity index is 2.38. The molecule has 11 heavy (non-hydrogen) atoms. The van der Waals surface area contributed by atoms with E-state index < -0.39 is 0 Å². The molecule has 1 saturated carbocycles. The highest BCUT2D eigenvalue weighted by Gasteiger charge is 2.47. The van der Waals surface area contributed by atoms with Crippen molar-refractivity contribution in [1.82, 2.24) is 0 Å². The molecule has 0 radical (unpaired) electrons. The summed E-state index contributed by atoms with van der Waals surface area (Å²) in [5.74, 6) is 1.74. The first-order valence-electron chi connectivity index (χ1n) is 3.75. The Labute approximate surface area is 65.4 Å². The number of nitrogens with zero attached hydrogens (tertiary/aromatic N) is 1. The van der Waals surface area contributed by atoms with Gasteiger partial charge in [0.2, 0.25) is 0 Å². The van der Waals surface area contributed by atoms with E-state index in [1.165, 1.54) is 0 Å². The number of hydrogen-bond donors (Lipinski definition) is 0. The van der Waals surface area contributed by atoms with Crippen LogP contribution in [-0.2, 0) is 5.41 Å². The van der Waals surface area contributed by atoms with E-state index in [0.29, 0.717) is 0 Å². The van der Waals surface area contributed by atoms with Crippen molar-refractivity contribution in [3.8, 4) is 6.07 Å². The van der Waals surface area contributed by atoms with E-state index in [-0.39, 0.29) is 5.41 Å². The van der Waals surface area contributed by atoms with E-state index in [2.05, 4.69) is 6.07 Å². The van der Waals surface area contributed by atoms with Crippen molar-refractivity contribution >= 4 is 0 Å². The molecular weight excluding hydrogens is 138 g/mol. The number of hydrogen-bond acceptors (Lipinski definition) is 2. The van der Waals surface area contributed by atoms with E-state index in [1.54, 1.807) is 0 Å². The molecular formula is C9H9NO. The van der Waals surface area contributed by atoms with Crippen molar-refractivity contribution in [3.05, 3.63) is 23.7 Å². The zero-order chi connectivity index (χ0) is 7.90. The molecule has 1 aliphatic rings. The van der Waals surface area contributed by atoms with Crippen molar-refractivity contribution in [2.24, 2.45) is 0 Å². The van der Waals surface area contributed by atoms with Crippen molar-refractivity contribution in [1.29, 1.82) is 5.26 Å². The highest BCUT2D eigenvalue weighted by Crippen LogP contribution is 2.47. The standard InChI is InChI=1S/C9H9NO/c1-7-2-3-8(11-7)9(6-10)4-5-9/h2-3H,4-5H2,1H3. The van der Waals surface area contributed by atoms with Crippen molar-refractivity contribution in [2.75, 3.05) is 0 Å². The van der Waals surface area contributed by atoms with Gasteiger partial charge < -0.3 is 4.42 Å². The van der Waals surface area contributed by atoms with Crippen LogP contribution in [-0.4, -0.2) is 0 Å². The van der Waals surface area contributed by atoms with Gasteiger partial charge in [0.05, 0.1) is 6.07 Å². The summed E-state index contributed by atoms with van der Waals surface area (Å²) in [6, 6.07) is 6.11. The van der Waals surface area contributed by atoms with Crippen LogP contribution < -0.4 is 0 Å². The summed E-state index contributed by atoms with van der Waals surface area (Å²) in [5, 5.41) is 8.81. The molecule has 0 saturated heterocycles. The third-order valence-corrected chi connectivity index (χ3v) is 2.18. The predicted molar refractivity (Wildman–Crippen MR) is 40.0 cm³/mol. The van der Waals surface area contributed by atoms with Gasteiger partial charge in [0.25, 0.3) is 0 Å². The molecule has 0 bridgehead atoms. The van der Waals surface area contributed by atoms with Gasteiger partial charge in [-0.1, -0.05) is 0 Å².